The molecule has 5 heteroatoms. The fourth-order valence-electron chi connectivity index (χ4n) is 2.09. The molecule has 0 radical (unpaired) electrons. The van der Waals surface area contributed by atoms with Crippen molar-refractivity contribution in [2.75, 3.05) is 11.1 Å². The van der Waals surface area contributed by atoms with E-state index in [0.717, 1.165) is 5.69 Å². The van der Waals surface area contributed by atoms with E-state index in [-0.39, 0.29) is 5.88 Å². The van der Waals surface area contributed by atoms with Gasteiger partial charge in [-0.3, -0.25) is 0 Å². The molecule has 100 valence electrons. The highest BCUT2D eigenvalue weighted by atomic mass is 16.4. The number of nitrogens with zero attached hydrogens (tertiary/aromatic N) is 1. The van der Waals surface area contributed by atoms with Crippen LogP contribution in [0, 0.1) is 6.92 Å². The van der Waals surface area contributed by atoms with Gasteiger partial charge in [-0.1, -0.05) is 24.3 Å². The van der Waals surface area contributed by atoms with Gasteiger partial charge in [0.25, 0.3) is 0 Å². The molecule has 0 bridgehead atoms. The summed E-state index contributed by atoms with van der Waals surface area (Å²) in [6.07, 6.45) is 0. The lowest BCUT2D eigenvalue weighted by atomic mass is 10.1. The summed E-state index contributed by atoms with van der Waals surface area (Å²) in [5.74, 6) is 0.702. The van der Waals surface area contributed by atoms with Crippen molar-refractivity contribution in [3.8, 4) is 0 Å². The van der Waals surface area contributed by atoms with E-state index in [9.17, 15) is 4.79 Å². The minimum absolute atomic E-state index is 0.0528. The van der Waals surface area contributed by atoms with E-state index in [0.29, 0.717) is 22.3 Å². The molecule has 0 aliphatic heterocycles. The fourth-order valence-corrected chi connectivity index (χ4v) is 2.09. The van der Waals surface area contributed by atoms with Crippen LogP contribution in [0.5, 0.6) is 0 Å². The van der Waals surface area contributed by atoms with E-state index < -0.39 is 5.63 Å². The smallest absolute Gasteiger partial charge is 0.345 e. The summed E-state index contributed by atoms with van der Waals surface area (Å²) in [6.45, 7) is 1.90. The monoisotopic (exact) mass is 267 g/mol. The Balaban J connectivity index is 2.19. The first-order chi connectivity index (χ1) is 9.65. The molecule has 0 unspecified atom stereocenters. The Hall–Kier alpha value is -2.82. The van der Waals surface area contributed by atoms with Gasteiger partial charge in [0, 0.05) is 11.1 Å². The van der Waals surface area contributed by atoms with Crippen LogP contribution in [0.15, 0.2) is 51.7 Å². The van der Waals surface area contributed by atoms with E-state index >= 15 is 0 Å². The summed E-state index contributed by atoms with van der Waals surface area (Å²) in [7, 11) is 0. The van der Waals surface area contributed by atoms with Gasteiger partial charge in [0.05, 0.1) is 5.39 Å². The van der Waals surface area contributed by atoms with Crippen LogP contribution in [0.3, 0.4) is 0 Å². The third kappa shape index (κ3) is 2.09. The minimum Gasteiger partial charge on any atom is -0.404 e. The molecule has 1 aromatic carbocycles. The summed E-state index contributed by atoms with van der Waals surface area (Å²) >= 11 is 0. The molecule has 3 N–H and O–H groups in total. The van der Waals surface area contributed by atoms with Gasteiger partial charge in [-0.15, -0.1) is 0 Å². The molecule has 20 heavy (non-hydrogen) atoms. The second kappa shape index (κ2) is 4.70. The van der Waals surface area contributed by atoms with Crippen molar-refractivity contribution in [3.63, 3.8) is 0 Å². The van der Waals surface area contributed by atoms with Crippen molar-refractivity contribution >= 4 is 28.2 Å². The zero-order chi connectivity index (χ0) is 14.1. The minimum atomic E-state index is -0.444. The van der Waals surface area contributed by atoms with Gasteiger partial charge in [-0.2, -0.15) is 0 Å². The normalized spacial score (nSPS) is 10.7. The van der Waals surface area contributed by atoms with E-state index in [1.807, 2.05) is 37.3 Å². The zero-order valence-corrected chi connectivity index (χ0v) is 10.9. The van der Waals surface area contributed by atoms with Crippen LogP contribution in [0.2, 0.25) is 0 Å². The highest BCUT2D eigenvalue weighted by Crippen LogP contribution is 2.29. The van der Waals surface area contributed by atoms with Gasteiger partial charge < -0.3 is 15.5 Å². The highest BCUT2D eigenvalue weighted by Gasteiger charge is 2.11. The Morgan fingerprint density at radius 3 is 2.60 bits per heavy atom. The Bertz CT molecular complexity index is 840. The number of aryl methyl sites for hydroxylation is 1. The van der Waals surface area contributed by atoms with Crippen LogP contribution in [-0.2, 0) is 0 Å². The molecule has 0 aliphatic rings. The molecule has 0 amide bonds. The summed E-state index contributed by atoms with van der Waals surface area (Å²) in [6, 6.07) is 12.8. The van der Waals surface area contributed by atoms with Crippen molar-refractivity contribution in [2.24, 2.45) is 0 Å². The van der Waals surface area contributed by atoms with Crippen molar-refractivity contribution in [1.29, 1.82) is 0 Å². The van der Waals surface area contributed by atoms with Crippen LogP contribution >= 0.6 is 0 Å². The van der Waals surface area contributed by atoms with E-state index in [4.69, 9.17) is 10.2 Å². The first-order valence-electron chi connectivity index (χ1n) is 6.17. The van der Waals surface area contributed by atoms with Gasteiger partial charge in [-0.25, -0.2) is 9.78 Å². The van der Waals surface area contributed by atoms with E-state index in [1.165, 1.54) is 0 Å². The number of nitrogens with two attached hydrogens (primary N) is 1. The first kappa shape index (κ1) is 12.2. The number of nitrogens with one attached hydrogen (secondary N) is 1. The number of benzene rings is 1. The Kier molecular flexibility index (Phi) is 2.87. The third-order valence-electron chi connectivity index (χ3n) is 3.01. The maximum atomic E-state index is 11.8. The molecular formula is C15H13N3O2. The third-order valence-corrected chi connectivity index (χ3v) is 3.01. The molecule has 2 aromatic heterocycles. The molecule has 0 spiro atoms. The number of rotatable bonds is 2. The Morgan fingerprint density at radius 1 is 1.10 bits per heavy atom. The van der Waals surface area contributed by atoms with Gasteiger partial charge in [0.15, 0.2) is 0 Å². The lowest BCUT2D eigenvalue weighted by molar-refractivity contribution is 0.541. The predicted molar refractivity (Wildman–Crippen MR) is 79.2 cm³/mol. The lowest BCUT2D eigenvalue weighted by Crippen LogP contribution is -2.07. The van der Waals surface area contributed by atoms with Gasteiger partial charge >= 0.3 is 5.63 Å². The molecule has 3 aromatic rings. The van der Waals surface area contributed by atoms with Crippen LogP contribution in [-0.4, -0.2) is 4.98 Å². The molecule has 0 saturated heterocycles. The van der Waals surface area contributed by atoms with Crippen LogP contribution < -0.4 is 16.7 Å². The second-order valence-electron chi connectivity index (χ2n) is 4.46. The van der Waals surface area contributed by atoms with E-state index in [1.54, 1.807) is 12.1 Å². The molecule has 2 heterocycles. The van der Waals surface area contributed by atoms with Crippen LogP contribution in [0.4, 0.5) is 17.4 Å². The molecule has 0 aliphatic carbocycles. The number of pyridine rings is 1. The van der Waals surface area contributed by atoms with Crippen LogP contribution in [0.1, 0.15) is 5.69 Å². The number of hydrogen-bond acceptors (Lipinski definition) is 5. The summed E-state index contributed by atoms with van der Waals surface area (Å²) in [5, 5.41) is 4.31. The molecule has 0 fully saturated rings. The maximum absolute atomic E-state index is 11.8. The molecule has 3 rings (SSSR count). The molecule has 0 saturated carbocycles. The van der Waals surface area contributed by atoms with Crippen molar-refractivity contribution in [1.82, 2.24) is 4.98 Å². The van der Waals surface area contributed by atoms with Crippen molar-refractivity contribution < 1.29 is 4.42 Å². The number of anilines is 3. The van der Waals surface area contributed by atoms with Gasteiger partial charge in [0.1, 0.15) is 11.5 Å². The SMILES string of the molecule is Cc1cccc(Nc2c(N)oc(=O)c3ccccc23)n1. The number of fused-ring (bicyclic) bond motifs is 1. The van der Waals surface area contributed by atoms with Crippen LogP contribution in [0.25, 0.3) is 10.8 Å². The van der Waals surface area contributed by atoms with Crippen molar-refractivity contribution in [2.45, 2.75) is 6.92 Å². The predicted octanol–water partition coefficient (Wildman–Crippen LogP) is 2.82. The number of aromatic nitrogens is 1. The highest BCUT2D eigenvalue weighted by molar-refractivity contribution is 5.98. The maximum Gasteiger partial charge on any atom is 0.345 e. The molecule has 5 nitrogen and oxygen atoms in total. The van der Waals surface area contributed by atoms with Gasteiger partial charge in [-0.05, 0) is 25.1 Å². The van der Waals surface area contributed by atoms with Gasteiger partial charge in [0.2, 0.25) is 5.88 Å². The topological polar surface area (TPSA) is 81.1 Å². The quantitative estimate of drug-likeness (QED) is 0.746. The fraction of sp³-hybridized carbons (Fsp3) is 0.0667. The Labute approximate surface area is 115 Å². The summed E-state index contributed by atoms with van der Waals surface area (Å²) in [5.41, 5.74) is 6.81. The van der Waals surface area contributed by atoms with Crippen molar-refractivity contribution in [3.05, 3.63) is 58.6 Å². The summed E-state index contributed by atoms with van der Waals surface area (Å²) < 4.78 is 5.06. The van der Waals surface area contributed by atoms with E-state index in [2.05, 4.69) is 10.3 Å². The average molecular weight is 267 g/mol. The summed E-state index contributed by atoms with van der Waals surface area (Å²) in [4.78, 5) is 16.1. The molecule has 0 atom stereocenters. The number of nitrogen functional groups attached to an aromatic ring is 1. The largest absolute Gasteiger partial charge is 0.404 e. The second-order valence-corrected chi connectivity index (χ2v) is 4.46. The lowest BCUT2D eigenvalue weighted by Gasteiger charge is -2.10. The first-order valence-corrected chi connectivity index (χ1v) is 6.17. The average Bonchev–Trinajstić information content (AvgIpc) is 2.43. The zero-order valence-electron chi connectivity index (χ0n) is 10.9. The number of hydrogen-bond donors (Lipinski definition) is 2. The standard InChI is InChI=1S/C15H13N3O2/c1-9-5-4-8-12(17-9)18-13-10-6-2-3-7-11(10)15(19)20-14(13)16/h2-8H,16H2,1H3,(H,17,18). The molecular weight excluding hydrogens is 254 g/mol. The Morgan fingerprint density at radius 2 is 1.85 bits per heavy atom.